The molecule has 10 nitrogen and oxygen atoms in total. The molecule has 36 heavy (non-hydrogen) atoms. The van der Waals surface area contributed by atoms with Gasteiger partial charge in [-0.1, -0.05) is 0 Å². The minimum absolute atomic E-state index is 0.0601. The van der Waals surface area contributed by atoms with E-state index in [0.717, 1.165) is 23.8 Å². The zero-order chi connectivity index (χ0) is 24.8. The van der Waals surface area contributed by atoms with Crippen LogP contribution >= 0.6 is 0 Å². The topological polar surface area (TPSA) is 119 Å². The number of aliphatic hydroxyl groups is 1. The van der Waals surface area contributed by atoms with E-state index in [1.165, 1.54) is 6.20 Å². The van der Waals surface area contributed by atoms with Crippen LogP contribution in [0.1, 0.15) is 42.1 Å². The number of pyridine rings is 1. The van der Waals surface area contributed by atoms with Gasteiger partial charge in [-0.05, 0) is 37.8 Å². The standard InChI is InChI=1S/C25H28FN7O3/c1-27-22-10-19(30-24-15(11-29-33(22)24)25(35)31-18-5-2-6-21(18)34)16-12-32(20-7-9-36-13-17(20)26)23-14(16)4-3-8-28-23/h3-4,8,10-12,17-18,20-21,27,34H,2,5-7,9,13H2,1H3,(H,31,35)/t17-,18+,20+,21-/m0/s1. The van der Waals surface area contributed by atoms with E-state index in [1.807, 2.05) is 29.0 Å². The molecule has 4 aromatic heterocycles. The van der Waals surface area contributed by atoms with Crippen LogP contribution in [-0.4, -0.2) is 73.7 Å². The van der Waals surface area contributed by atoms with Crippen LogP contribution in [0.5, 0.6) is 0 Å². The third kappa shape index (κ3) is 3.79. The maximum absolute atomic E-state index is 14.8. The summed E-state index contributed by atoms with van der Waals surface area (Å²) in [6.45, 7) is 0.551. The van der Waals surface area contributed by atoms with Crippen molar-refractivity contribution >= 4 is 28.4 Å². The van der Waals surface area contributed by atoms with Crippen molar-refractivity contribution in [2.75, 3.05) is 25.6 Å². The summed E-state index contributed by atoms with van der Waals surface area (Å²) in [4.78, 5) is 22.5. The van der Waals surface area contributed by atoms with Crippen LogP contribution in [0.4, 0.5) is 10.2 Å². The second-order valence-electron chi connectivity index (χ2n) is 9.42. The number of alkyl halides is 1. The van der Waals surface area contributed by atoms with Gasteiger partial charge in [-0.25, -0.2) is 14.4 Å². The van der Waals surface area contributed by atoms with Gasteiger partial charge in [-0.15, -0.1) is 0 Å². The first-order valence-corrected chi connectivity index (χ1v) is 12.3. The fourth-order valence-corrected chi connectivity index (χ4v) is 5.34. The fraction of sp³-hybridized carbons (Fsp3) is 0.440. The molecule has 1 aliphatic heterocycles. The second-order valence-corrected chi connectivity index (χ2v) is 9.42. The molecule has 0 unspecified atom stereocenters. The lowest BCUT2D eigenvalue weighted by Crippen LogP contribution is -2.39. The highest BCUT2D eigenvalue weighted by molar-refractivity contribution is 6.01. The van der Waals surface area contributed by atoms with Gasteiger partial charge in [0.2, 0.25) is 0 Å². The SMILES string of the molecule is CNc1cc(-c2cn([C@@H]3CCOC[C@@H]3F)c3ncccc23)nc2c(C(=O)N[C@@H]3CCC[C@@H]3O)cnn12. The quantitative estimate of drug-likeness (QED) is 0.391. The number of aliphatic hydroxyl groups excluding tert-OH is 1. The van der Waals surface area contributed by atoms with Crippen molar-refractivity contribution < 1.29 is 19.0 Å². The molecule has 0 radical (unpaired) electrons. The van der Waals surface area contributed by atoms with E-state index in [2.05, 4.69) is 20.7 Å². The third-order valence-corrected chi connectivity index (χ3v) is 7.24. The van der Waals surface area contributed by atoms with Crippen molar-refractivity contribution in [2.45, 2.75) is 50.0 Å². The number of fused-ring (bicyclic) bond motifs is 2. The average molecular weight is 494 g/mol. The largest absolute Gasteiger partial charge is 0.391 e. The van der Waals surface area contributed by atoms with Gasteiger partial charge in [-0.2, -0.15) is 9.61 Å². The van der Waals surface area contributed by atoms with Gasteiger partial charge in [0, 0.05) is 43.1 Å². The fourth-order valence-electron chi connectivity index (χ4n) is 5.34. The highest BCUT2D eigenvalue weighted by Gasteiger charge is 2.31. The molecule has 0 spiro atoms. The number of nitrogens with zero attached hydrogens (tertiary/aromatic N) is 5. The molecule has 11 heteroatoms. The molecule has 1 saturated carbocycles. The Hall–Kier alpha value is -3.57. The number of halogens is 1. The second kappa shape index (κ2) is 9.14. The number of nitrogens with one attached hydrogen (secondary N) is 2. The predicted molar refractivity (Wildman–Crippen MR) is 132 cm³/mol. The monoisotopic (exact) mass is 493 g/mol. The van der Waals surface area contributed by atoms with Crippen molar-refractivity contribution in [3.8, 4) is 11.3 Å². The Balaban J connectivity index is 1.46. The van der Waals surface area contributed by atoms with Gasteiger partial charge in [0.25, 0.3) is 5.91 Å². The van der Waals surface area contributed by atoms with Crippen molar-refractivity contribution in [2.24, 2.45) is 0 Å². The average Bonchev–Trinajstić information content (AvgIpc) is 3.61. The summed E-state index contributed by atoms with van der Waals surface area (Å²) in [6.07, 6.45) is 6.24. The van der Waals surface area contributed by atoms with Crippen molar-refractivity contribution in [1.82, 2.24) is 29.5 Å². The first-order chi connectivity index (χ1) is 17.5. The Morgan fingerprint density at radius 2 is 2.17 bits per heavy atom. The maximum atomic E-state index is 14.8. The molecule has 1 aliphatic carbocycles. The molecule has 3 N–H and O–H groups in total. The zero-order valence-electron chi connectivity index (χ0n) is 19.9. The van der Waals surface area contributed by atoms with E-state index in [1.54, 1.807) is 17.8 Å². The van der Waals surface area contributed by atoms with E-state index < -0.39 is 12.3 Å². The molecular formula is C25H28FN7O3. The molecule has 4 aromatic rings. The van der Waals surface area contributed by atoms with Gasteiger partial charge in [0.05, 0.1) is 36.7 Å². The van der Waals surface area contributed by atoms with Crippen molar-refractivity contribution in [3.05, 3.63) is 42.4 Å². The van der Waals surface area contributed by atoms with Crippen LogP contribution in [0.25, 0.3) is 27.9 Å². The highest BCUT2D eigenvalue weighted by Crippen LogP contribution is 2.35. The van der Waals surface area contributed by atoms with E-state index in [4.69, 9.17) is 9.72 Å². The summed E-state index contributed by atoms with van der Waals surface area (Å²) in [7, 11) is 1.77. The Bertz CT molecular complexity index is 1430. The summed E-state index contributed by atoms with van der Waals surface area (Å²) in [5.74, 6) is 0.323. The number of hydrogen-bond donors (Lipinski definition) is 3. The smallest absolute Gasteiger partial charge is 0.257 e. The van der Waals surface area contributed by atoms with E-state index in [-0.39, 0.29) is 24.6 Å². The number of anilines is 1. The first-order valence-electron chi connectivity index (χ1n) is 12.3. The maximum Gasteiger partial charge on any atom is 0.257 e. The van der Waals surface area contributed by atoms with E-state index >= 15 is 0 Å². The van der Waals surface area contributed by atoms with Gasteiger partial charge >= 0.3 is 0 Å². The van der Waals surface area contributed by atoms with E-state index in [9.17, 15) is 14.3 Å². The Labute approximate surface area is 206 Å². The molecule has 1 amide bonds. The summed E-state index contributed by atoms with van der Waals surface area (Å²) >= 11 is 0. The number of carbonyl (C=O) groups is 1. The molecule has 0 bridgehead atoms. The van der Waals surface area contributed by atoms with Crippen LogP contribution in [0.15, 0.2) is 36.8 Å². The molecule has 6 rings (SSSR count). The van der Waals surface area contributed by atoms with Crippen LogP contribution < -0.4 is 10.6 Å². The molecule has 4 atom stereocenters. The number of hydrogen-bond acceptors (Lipinski definition) is 7. The summed E-state index contributed by atoms with van der Waals surface area (Å²) in [5, 5.41) is 21.4. The predicted octanol–water partition coefficient (Wildman–Crippen LogP) is 2.73. The Kier molecular flexibility index (Phi) is 5.81. The molecule has 5 heterocycles. The van der Waals surface area contributed by atoms with Gasteiger partial charge in [0.1, 0.15) is 23.2 Å². The lowest BCUT2D eigenvalue weighted by Gasteiger charge is -2.27. The highest BCUT2D eigenvalue weighted by atomic mass is 19.1. The molecule has 2 aliphatic rings. The Morgan fingerprint density at radius 1 is 1.28 bits per heavy atom. The van der Waals surface area contributed by atoms with Crippen LogP contribution in [-0.2, 0) is 4.74 Å². The lowest BCUT2D eigenvalue weighted by atomic mass is 10.1. The molecule has 0 aromatic carbocycles. The zero-order valence-corrected chi connectivity index (χ0v) is 19.9. The van der Waals surface area contributed by atoms with Crippen molar-refractivity contribution in [3.63, 3.8) is 0 Å². The minimum Gasteiger partial charge on any atom is -0.391 e. The molecule has 1 saturated heterocycles. The minimum atomic E-state index is -1.14. The number of ether oxygens (including phenoxy) is 1. The van der Waals surface area contributed by atoms with Gasteiger partial charge in [-0.3, -0.25) is 4.79 Å². The summed E-state index contributed by atoms with van der Waals surface area (Å²) < 4.78 is 23.6. The number of aromatic nitrogens is 5. The first kappa shape index (κ1) is 22.9. The molecule has 188 valence electrons. The summed E-state index contributed by atoms with van der Waals surface area (Å²) in [6, 6.07) is 4.97. The van der Waals surface area contributed by atoms with Crippen LogP contribution in [0.3, 0.4) is 0 Å². The normalized spacial score (nSPS) is 24.4. The Morgan fingerprint density at radius 3 is 2.94 bits per heavy atom. The number of rotatable bonds is 5. The molecule has 2 fully saturated rings. The lowest BCUT2D eigenvalue weighted by molar-refractivity contribution is 0.00443. The number of carbonyl (C=O) groups excluding carboxylic acids is 1. The molecular weight excluding hydrogens is 465 g/mol. The van der Waals surface area contributed by atoms with Crippen LogP contribution in [0.2, 0.25) is 0 Å². The summed E-state index contributed by atoms with van der Waals surface area (Å²) in [5.41, 5.74) is 2.79. The van der Waals surface area contributed by atoms with E-state index in [0.29, 0.717) is 47.8 Å². The van der Waals surface area contributed by atoms with Gasteiger partial charge in [0.15, 0.2) is 5.65 Å². The van der Waals surface area contributed by atoms with Gasteiger partial charge < -0.3 is 25.0 Å². The van der Waals surface area contributed by atoms with Crippen LogP contribution in [0, 0.1) is 0 Å². The number of amides is 1. The van der Waals surface area contributed by atoms with Crippen molar-refractivity contribution in [1.29, 1.82) is 0 Å². The third-order valence-electron chi connectivity index (χ3n) is 7.24.